The summed E-state index contributed by atoms with van der Waals surface area (Å²) >= 11 is 0. The molecule has 17 heavy (non-hydrogen) atoms. The largest absolute Gasteiger partial charge is 0.481 e. The number of hydrogen-bond donors (Lipinski definition) is 3. The molecule has 0 aliphatic heterocycles. The van der Waals surface area contributed by atoms with Crippen molar-refractivity contribution in [3.63, 3.8) is 0 Å². The summed E-state index contributed by atoms with van der Waals surface area (Å²) in [5, 5.41) is 27.4. The highest BCUT2D eigenvalue weighted by Gasteiger charge is 2.22. The average Bonchev–Trinajstić information content (AvgIpc) is 2.26. The van der Waals surface area contributed by atoms with Gasteiger partial charge in [-0.25, -0.2) is 4.39 Å². The Balaban J connectivity index is 2.94. The van der Waals surface area contributed by atoms with Crippen LogP contribution in [0.2, 0.25) is 0 Å². The molecule has 0 heterocycles. The summed E-state index contributed by atoms with van der Waals surface area (Å²) < 4.78 is 13.0. The zero-order chi connectivity index (χ0) is 13.0. The first kappa shape index (κ1) is 13.3. The van der Waals surface area contributed by atoms with Gasteiger partial charge in [0.05, 0.1) is 12.5 Å². The molecule has 0 saturated carbocycles. The van der Waals surface area contributed by atoms with Crippen molar-refractivity contribution < 1.29 is 29.3 Å². The number of aliphatic hydroxyl groups is 2. The minimum Gasteiger partial charge on any atom is -0.481 e. The molecule has 2 atom stereocenters. The molecule has 0 aromatic heterocycles. The van der Waals surface area contributed by atoms with Gasteiger partial charge in [0.25, 0.3) is 0 Å². The molecule has 1 aromatic rings. The summed E-state index contributed by atoms with van der Waals surface area (Å²) in [5.41, 5.74) is -0.0394. The Kier molecular flexibility index (Phi) is 4.30. The van der Waals surface area contributed by atoms with Gasteiger partial charge < -0.3 is 15.3 Å². The van der Waals surface area contributed by atoms with E-state index in [1.165, 1.54) is 6.07 Å². The van der Waals surface area contributed by atoms with E-state index in [4.69, 9.17) is 5.11 Å². The topological polar surface area (TPSA) is 94.8 Å². The Bertz CT molecular complexity index is 432. The van der Waals surface area contributed by atoms with E-state index in [1.807, 2.05) is 0 Å². The van der Waals surface area contributed by atoms with Gasteiger partial charge in [0.1, 0.15) is 18.2 Å². The Morgan fingerprint density at radius 3 is 2.53 bits per heavy atom. The molecule has 3 N–H and O–H groups in total. The number of carboxylic acids is 1. The lowest BCUT2D eigenvalue weighted by molar-refractivity contribution is -0.141. The van der Waals surface area contributed by atoms with Gasteiger partial charge in [-0.2, -0.15) is 0 Å². The quantitative estimate of drug-likeness (QED) is 0.654. The first-order valence-electron chi connectivity index (χ1n) is 4.77. The van der Waals surface area contributed by atoms with Crippen molar-refractivity contribution in [2.75, 3.05) is 0 Å². The molecular weight excluding hydrogens is 231 g/mol. The zero-order valence-electron chi connectivity index (χ0n) is 8.71. The minimum atomic E-state index is -1.56. The second-order valence-corrected chi connectivity index (χ2v) is 3.55. The number of hydrogen-bond acceptors (Lipinski definition) is 4. The van der Waals surface area contributed by atoms with Crippen molar-refractivity contribution in [2.24, 2.45) is 0 Å². The summed E-state index contributed by atoms with van der Waals surface area (Å²) in [4.78, 5) is 20.8. The van der Waals surface area contributed by atoms with E-state index in [0.29, 0.717) is 6.29 Å². The van der Waals surface area contributed by atoms with E-state index in [0.717, 1.165) is 12.1 Å². The van der Waals surface area contributed by atoms with Gasteiger partial charge in [0.15, 0.2) is 0 Å². The number of benzene rings is 1. The number of aliphatic carboxylic acids is 1. The molecule has 0 amide bonds. The van der Waals surface area contributed by atoms with Crippen LogP contribution in [-0.2, 0) is 4.79 Å². The van der Waals surface area contributed by atoms with Gasteiger partial charge in [0.2, 0.25) is 0 Å². The van der Waals surface area contributed by atoms with Crippen molar-refractivity contribution in [3.8, 4) is 0 Å². The fraction of sp³-hybridized carbons (Fsp3) is 0.273. The third-order valence-corrected chi connectivity index (χ3v) is 2.17. The smallest absolute Gasteiger partial charge is 0.306 e. The average molecular weight is 242 g/mol. The predicted octanol–water partition coefficient (Wildman–Crippen LogP) is 0.507. The summed E-state index contributed by atoms with van der Waals surface area (Å²) in [6, 6.07) is 3.08. The molecule has 0 aliphatic rings. The van der Waals surface area contributed by atoms with E-state index < -0.39 is 30.4 Å². The summed E-state index contributed by atoms with van der Waals surface area (Å²) in [6.45, 7) is 0. The molecule has 0 fully saturated rings. The van der Waals surface area contributed by atoms with Gasteiger partial charge in [-0.15, -0.1) is 0 Å². The van der Waals surface area contributed by atoms with Crippen molar-refractivity contribution >= 4 is 12.3 Å². The Morgan fingerprint density at radius 2 is 2.00 bits per heavy atom. The van der Waals surface area contributed by atoms with Crippen LogP contribution in [0, 0.1) is 5.82 Å². The highest BCUT2D eigenvalue weighted by atomic mass is 19.1. The van der Waals surface area contributed by atoms with Gasteiger partial charge in [-0.3, -0.25) is 9.59 Å². The third-order valence-electron chi connectivity index (χ3n) is 2.17. The van der Waals surface area contributed by atoms with Crippen molar-refractivity contribution in [1.82, 2.24) is 0 Å². The fourth-order valence-corrected chi connectivity index (χ4v) is 1.39. The lowest BCUT2D eigenvalue weighted by Gasteiger charge is -2.16. The predicted molar refractivity (Wildman–Crippen MR) is 55.0 cm³/mol. The molecule has 0 spiro atoms. The normalized spacial score (nSPS) is 14.1. The molecular formula is C11H11FO5. The van der Waals surface area contributed by atoms with Crippen molar-refractivity contribution in [2.45, 2.75) is 18.6 Å². The fourth-order valence-electron chi connectivity index (χ4n) is 1.39. The van der Waals surface area contributed by atoms with Crippen molar-refractivity contribution in [3.05, 3.63) is 35.1 Å². The number of aldehydes is 1. The number of carbonyl (C=O) groups excluding carboxylic acids is 1. The van der Waals surface area contributed by atoms with Crippen LogP contribution in [0.5, 0.6) is 0 Å². The van der Waals surface area contributed by atoms with Crippen LogP contribution in [0.15, 0.2) is 18.2 Å². The number of aliphatic hydroxyl groups excluding tert-OH is 2. The Labute approximate surface area is 96.1 Å². The molecule has 1 aromatic carbocycles. The van der Waals surface area contributed by atoms with E-state index in [9.17, 15) is 24.2 Å². The maximum Gasteiger partial charge on any atom is 0.306 e. The van der Waals surface area contributed by atoms with Gasteiger partial charge in [-0.1, -0.05) is 0 Å². The molecule has 6 heteroatoms. The third kappa shape index (κ3) is 3.61. The Hall–Kier alpha value is -1.79. The van der Waals surface area contributed by atoms with Gasteiger partial charge >= 0.3 is 5.97 Å². The highest BCUT2D eigenvalue weighted by Crippen LogP contribution is 2.21. The van der Waals surface area contributed by atoms with E-state index in [2.05, 4.69) is 0 Å². The number of carbonyl (C=O) groups is 2. The summed E-state index contributed by atoms with van der Waals surface area (Å²) in [5.74, 6) is -2.03. The minimum absolute atomic E-state index is 0.00146. The first-order chi connectivity index (χ1) is 7.93. The van der Waals surface area contributed by atoms with E-state index in [1.54, 1.807) is 0 Å². The standard InChI is InChI=1S/C11H11FO5/c12-8-2-6(5-13)1-7(3-8)11(17)9(14)4-10(15)16/h1-3,5,9,11,14,17H,4H2,(H,15,16). The summed E-state index contributed by atoms with van der Waals surface area (Å²) in [7, 11) is 0. The number of rotatable bonds is 5. The molecule has 0 radical (unpaired) electrons. The van der Waals surface area contributed by atoms with Crippen LogP contribution in [0.1, 0.15) is 28.4 Å². The van der Waals surface area contributed by atoms with Crippen LogP contribution < -0.4 is 0 Å². The molecule has 0 aliphatic carbocycles. The van der Waals surface area contributed by atoms with Crippen LogP contribution in [0.4, 0.5) is 4.39 Å². The molecule has 5 nitrogen and oxygen atoms in total. The summed E-state index contributed by atoms with van der Waals surface area (Å²) in [6.07, 6.45) is -3.40. The van der Waals surface area contributed by atoms with Crippen molar-refractivity contribution in [1.29, 1.82) is 0 Å². The second kappa shape index (κ2) is 5.51. The first-order valence-corrected chi connectivity index (χ1v) is 4.77. The molecule has 0 bridgehead atoms. The zero-order valence-corrected chi connectivity index (χ0v) is 8.71. The molecule has 1 rings (SSSR count). The van der Waals surface area contributed by atoms with Crippen LogP contribution in [-0.4, -0.2) is 33.7 Å². The molecule has 2 unspecified atom stereocenters. The second-order valence-electron chi connectivity index (χ2n) is 3.55. The maximum absolute atomic E-state index is 13.0. The van der Waals surface area contributed by atoms with Crippen LogP contribution in [0.3, 0.4) is 0 Å². The lowest BCUT2D eigenvalue weighted by atomic mass is 10.0. The Morgan fingerprint density at radius 1 is 1.35 bits per heavy atom. The monoisotopic (exact) mass is 242 g/mol. The van der Waals surface area contributed by atoms with Gasteiger partial charge in [-0.05, 0) is 23.8 Å². The van der Waals surface area contributed by atoms with E-state index >= 15 is 0 Å². The number of halogens is 1. The molecule has 92 valence electrons. The highest BCUT2D eigenvalue weighted by molar-refractivity contribution is 5.75. The van der Waals surface area contributed by atoms with Crippen LogP contribution in [0.25, 0.3) is 0 Å². The SMILES string of the molecule is O=Cc1cc(F)cc(C(O)C(O)CC(=O)O)c1. The maximum atomic E-state index is 13.0. The number of carboxylic acid groups (broad SMARTS) is 1. The van der Waals surface area contributed by atoms with Gasteiger partial charge in [0, 0.05) is 5.56 Å². The van der Waals surface area contributed by atoms with Crippen LogP contribution >= 0.6 is 0 Å². The lowest BCUT2D eigenvalue weighted by Crippen LogP contribution is -2.22. The van der Waals surface area contributed by atoms with E-state index in [-0.39, 0.29) is 11.1 Å². The molecule has 0 saturated heterocycles.